The number of rotatable bonds is 4. The van der Waals surface area contributed by atoms with Crippen molar-refractivity contribution in [3.63, 3.8) is 0 Å². The molecule has 2 heterocycles. The Morgan fingerprint density at radius 3 is 3.00 bits per heavy atom. The number of piperazine rings is 1. The van der Waals surface area contributed by atoms with Crippen LogP contribution in [-0.4, -0.2) is 41.7 Å². The third kappa shape index (κ3) is 3.86. The number of likely N-dealkylation sites (N-methyl/N-ethyl adjacent to an activating group) is 1. The lowest BCUT2D eigenvalue weighted by molar-refractivity contribution is 0.190. The summed E-state index contributed by atoms with van der Waals surface area (Å²) in [7, 11) is 2.08. The first kappa shape index (κ1) is 16.7. The van der Waals surface area contributed by atoms with Gasteiger partial charge in [0.15, 0.2) is 5.82 Å². The Balaban J connectivity index is 1.71. The highest BCUT2D eigenvalue weighted by Gasteiger charge is 2.26. The summed E-state index contributed by atoms with van der Waals surface area (Å²) < 4.78 is 5.48. The number of nitrogens with zero attached hydrogens (tertiary/aromatic N) is 3. The first-order chi connectivity index (χ1) is 11.0. The van der Waals surface area contributed by atoms with Gasteiger partial charge in [-0.2, -0.15) is 4.98 Å². The highest BCUT2D eigenvalue weighted by Crippen LogP contribution is 2.27. The van der Waals surface area contributed by atoms with Gasteiger partial charge in [0.05, 0.1) is 6.04 Å². The molecule has 124 valence electrons. The fourth-order valence-corrected chi connectivity index (χ4v) is 3.27. The van der Waals surface area contributed by atoms with Crippen LogP contribution in [0.25, 0.3) is 0 Å². The summed E-state index contributed by atoms with van der Waals surface area (Å²) in [6.07, 6.45) is 0.733. The fourth-order valence-electron chi connectivity index (χ4n) is 2.78. The van der Waals surface area contributed by atoms with Gasteiger partial charge in [0.2, 0.25) is 5.89 Å². The predicted octanol–water partition coefficient (Wildman–Crippen LogP) is 3.30. The fraction of sp³-hybridized carbons (Fsp3) is 0.500. The SMILES string of the molecule is CC(Cc1ccc(Cl)cc1Cl)c1nc(C2CNCCN2C)no1. The molecular formula is C16H20Cl2N4O. The van der Waals surface area contributed by atoms with Crippen molar-refractivity contribution in [3.8, 4) is 0 Å². The van der Waals surface area contributed by atoms with Gasteiger partial charge < -0.3 is 9.84 Å². The number of halogens is 2. The first-order valence-electron chi connectivity index (χ1n) is 7.73. The van der Waals surface area contributed by atoms with E-state index >= 15 is 0 Å². The largest absolute Gasteiger partial charge is 0.339 e. The number of benzene rings is 1. The second-order valence-electron chi connectivity index (χ2n) is 6.03. The summed E-state index contributed by atoms with van der Waals surface area (Å²) in [5.74, 6) is 1.48. The molecule has 1 saturated heterocycles. The Morgan fingerprint density at radius 2 is 2.26 bits per heavy atom. The Kier molecular flexibility index (Phi) is 5.21. The third-order valence-electron chi connectivity index (χ3n) is 4.23. The minimum atomic E-state index is 0.0942. The van der Waals surface area contributed by atoms with Crippen molar-refractivity contribution >= 4 is 23.2 Å². The zero-order valence-corrected chi connectivity index (χ0v) is 14.7. The smallest absolute Gasteiger partial charge is 0.229 e. The molecule has 2 atom stereocenters. The van der Waals surface area contributed by atoms with Gasteiger partial charge in [-0.25, -0.2) is 0 Å². The number of hydrogen-bond donors (Lipinski definition) is 1. The summed E-state index contributed by atoms with van der Waals surface area (Å²) in [5, 5.41) is 8.83. The normalized spacial score (nSPS) is 20.6. The highest BCUT2D eigenvalue weighted by molar-refractivity contribution is 6.35. The van der Waals surface area contributed by atoms with E-state index < -0.39 is 0 Å². The van der Waals surface area contributed by atoms with Crippen molar-refractivity contribution < 1.29 is 4.52 Å². The van der Waals surface area contributed by atoms with E-state index in [0.717, 1.165) is 37.4 Å². The van der Waals surface area contributed by atoms with E-state index in [1.54, 1.807) is 6.07 Å². The third-order valence-corrected chi connectivity index (χ3v) is 4.82. The molecule has 2 unspecified atom stereocenters. The molecule has 0 radical (unpaired) electrons. The van der Waals surface area contributed by atoms with E-state index in [1.165, 1.54) is 0 Å². The van der Waals surface area contributed by atoms with Gasteiger partial charge >= 0.3 is 0 Å². The number of nitrogens with one attached hydrogen (secondary N) is 1. The average Bonchev–Trinajstić information content (AvgIpc) is 3.00. The molecule has 7 heteroatoms. The zero-order chi connectivity index (χ0) is 16.4. The van der Waals surface area contributed by atoms with E-state index in [2.05, 4.69) is 34.3 Å². The Bertz CT molecular complexity index is 676. The molecule has 3 rings (SSSR count). The van der Waals surface area contributed by atoms with Gasteiger partial charge in [0, 0.05) is 35.6 Å². The molecule has 1 aromatic heterocycles. The van der Waals surface area contributed by atoms with Crippen LogP contribution < -0.4 is 5.32 Å². The van der Waals surface area contributed by atoms with E-state index in [0.29, 0.717) is 15.9 Å². The molecule has 2 aromatic rings. The average molecular weight is 355 g/mol. The summed E-state index contributed by atoms with van der Waals surface area (Å²) in [6.45, 7) is 4.87. The molecule has 5 nitrogen and oxygen atoms in total. The lowest BCUT2D eigenvalue weighted by atomic mass is 10.0. The van der Waals surface area contributed by atoms with Crippen LogP contribution in [0.2, 0.25) is 10.0 Å². The minimum Gasteiger partial charge on any atom is -0.339 e. The Labute approximate surface area is 146 Å². The van der Waals surface area contributed by atoms with Gasteiger partial charge in [-0.05, 0) is 31.2 Å². The first-order valence-corrected chi connectivity index (χ1v) is 8.48. The summed E-state index contributed by atoms with van der Waals surface area (Å²) in [4.78, 5) is 6.84. The predicted molar refractivity (Wildman–Crippen MR) is 91.1 cm³/mol. The molecule has 1 aliphatic rings. The molecule has 0 bridgehead atoms. The standard InChI is InChI=1S/C16H20Cl2N4O/c1-10(7-11-3-4-12(17)8-13(11)18)16-20-15(21-23-16)14-9-19-5-6-22(14)2/h3-4,8,10,14,19H,5-7,9H2,1-2H3. The quantitative estimate of drug-likeness (QED) is 0.912. The lowest BCUT2D eigenvalue weighted by Crippen LogP contribution is -2.44. The van der Waals surface area contributed by atoms with Crippen LogP contribution in [0.3, 0.4) is 0 Å². The molecule has 23 heavy (non-hydrogen) atoms. The van der Waals surface area contributed by atoms with Crippen molar-refractivity contribution in [2.24, 2.45) is 0 Å². The van der Waals surface area contributed by atoms with E-state index in [1.807, 2.05) is 12.1 Å². The monoisotopic (exact) mass is 354 g/mol. The van der Waals surface area contributed by atoms with Crippen molar-refractivity contribution in [2.75, 3.05) is 26.7 Å². The minimum absolute atomic E-state index is 0.0942. The van der Waals surface area contributed by atoms with E-state index in [-0.39, 0.29) is 12.0 Å². The second-order valence-corrected chi connectivity index (χ2v) is 6.88. The maximum atomic E-state index is 6.24. The van der Waals surface area contributed by atoms with Crippen molar-refractivity contribution in [1.29, 1.82) is 0 Å². The zero-order valence-electron chi connectivity index (χ0n) is 13.2. The van der Waals surface area contributed by atoms with Crippen LogP contribution in [0, 0.1) is 0 Å². The van der Waals surface area contributed by atoms with Crippen LogP contribution in [-0.2, 0) is 6.42 Å². The molecule has 1 N–H and O–H groups in total. The van der Waals surface area contributed by atoms with Gasteiger partial charge in [0.25, 0.3) is 0 Å². The maximum Gasteiger partial charge on any atom is 0.229 e. The molecule has 0 saturated carbocycles. The molecule has 1 fully saturated rings. The van der Waals surface area contributed by atoms with Crippen LogP contribution >= 0.6 is 23.2 Å². The van der Waals surface area contributed by atoms with Crippen LogP contribution in [0.5, 0.6) is 0 Å². The van der Waals surface area contributed by atoms with Gasteiger partial charge in [-0.3, -0.25) is 4.90 Å². The topological polar surface area (TPSA) is 54.2 Å². The maximum absolute atomic E-state index is 6.24. The molecule has 0 spiro atoms. The summed E-state index contributed by atoms with van der Waals surface area (Å²) in [5.41, 5.74) is 1.03. The number of hydrogen-bond acceptors (Lipinski definition) is 5. The van der Waals surface area contributed by atoms with Crippen molar-refractivity contribution in [2.45, 2.75) is 25.3 Å². The Hall–Kier alpha value is -1.14. The molecule has 0 amide bonds. The number of aromatic nitrogens is 2. The van der Waals surface area contributed by atoms with Gasteiger partial charge in [-0.15, -0.1) is 0 Å². The van der Waals surface area contributed by atoms with Crippen LogP contribution in [0.4, 0.5) is 0 Å². The lowest BCUT2D eigenvalue weighted by Gasteiger charge is -2.30. The molecule has 0 aliphatic carbocycles. The van der Waals surface area contributed by atoms with Crippen LogP contribution in [0.1, 0.15) is 36.2 Å². The summed E-state index contributed by atoms with van der Waals surface area (Å²) in [6, 6.07) is 5.70. The van der Waals surface area contributed by atoms with Crippen molar-refractivity contribution in [3.05, 3.63) is 45.5 Å². The highest BCUT2D eigenvalue weighted by atomic mass is 35.5. The second kappa shape index (κ2) is 7.18. The van der Waals surface area contributed by atoms with Gasteiger partial charge in [0.1, 0.15) is 0 Å². The van der Waals surface area contributed by atoms with E-state index in [4.69, 9.17) is 27.7 Å². The van der Waals surface area contributed by atoms with Crippen molar-refractivity contribution in [1.82, 2.24) is 20.4 Å². The molecular weight excluding hydrogens is 335 g/mol. The molecule has 1 aromatic carbocycles. The Morgan fingerprint density at radius 1 is 1.43 bits per heavy atom. The summed E-state index contributed by atoms with van der Waals surface area (Å²) >= 11 is 12.2. The van der Waals surface area contributed by atoms with Gasteiger partial charge in [-0.1, -0.05) is 41.3 Å². The van der Waals surface area contributed by atoms with Crippen LogP contribution in [0.15, 0.2) is 22.7 Å². The molecule has 1 aliphatic heterocycles. The van der Waals surface area contributed by atoms with E-state index in [9.17, 15) is 0 Å².